The summed E-state index contributed by atoms with van der Waals surface area (Å²) in [6.45, 7) is 0. The Kier molecular flexibility index (Phi) is 5.68. The number of nitrogens with one attached hydrogen (secondary N) is 1. The lowest BCUT2D eigenvalue weighted by molar-refractivity contribution is -0.170. The standard InChI is InChI=1S/C16H18N2O3S/c1-18(21-2)16(20)13(11-12-7-4-3-5-8-12)17-15(19)14-9-6-10-22-14/h3-10,13H,11H2,1-2H3,(H,17,19). The Morgan fingerprint density at radius 3 is 2.55 bits per heavy atom. The lowest BCUT2D eigenvalue weighted by Crippen LogP contribution is -2.48. The minimum atomic E-state index is -0.679. The second kappa shape index (κ2) is 7.72. The Hall–Kier alpha value is -2.18. The van der Waals surface area contributed by atoms with Gasteiger partial charge in [-0.05, 0) is 17.0 Å². The minimum absolute atomic E-state index is 0.256. The van der Waals surface area contributed by atoms with E-state index in [1.807, 2.05) is 35.7 Å². The summed E-state index contributed by atoms with van der Waals surface area (Å²) in [4.78, 5) is 30.1. The average Bonchev–Trinajstić information content (AvgIpc) is 3.08. The second-order valence-corrected chi connectivity index (χ2v) is 5.66. The highest BCUT2D eigenvalue weighted by Crippen LogP contribution is 2.11. The van der Waals surface area contributed by atoms with Gasteiger partial charge in [-0.15, -0.1) is 11.3 Å². The molecule has 0 saturated heterocycles. The molecule has 0 aliphatic carbocycles. The van der Waals surface area contributed by atoms with Crippen molar-refractivity contribution < 1.29 is 14.4 Å². The number of nitrogens with zero attached hydrogens (tertiary/aromatic N) is 1. The van der Waals surface area contributed by atoms with Crippen LogP contribution in [0.1, 0.15) is 15.2 Å². The van der Waals surface area contributed by atoms with Gasteiger partial charge in [0.15, 0.2) is 0 Å². The molecule has 0 fully saturated rings. The maximum Gasteiger partial charge on any atom is 0.268 e. The van der Waals surface area contributed by atoms with Crippen molar-refractivity contribution in [3.8, 4) is 0 Å². The Balaban J connectivity index is 2.14. The molecule has 0 spiro atoms. The number of carbonyl (C=O) groups excluding carboxylic acids is 2. The Labute approximate surface area is 133 Å². The third kappa shape index (κ3) is 4.16. The van der Waals surface area contributed by atoms with Gasteiger partial charge in [0.05, 0.1) is 12.0 Å². The molecule has 22 heavy (non-hydrogen) atoms. The molecule has 1 atom stereocenters. The predicted molar refractivity (Wildman–Crippen MR) is 85.5 cm³/mol. The molecule has 0 radical (unpaired) electrons. The van der Waals surface area contributed by atoms with E-state index in [1.165, 1.54) is 25.5 Å². The zero-order valence-corrected chi connectivity index (χ0v) is 13.3. The molecular weight excluding hydrogens is 300 g/mol. The van der Waals surface area contributed by atoms with Crippen LogP contribution in [0.5, 0.6) is 0 Å². The number of likely N-dealkylation sites (N-methyl/N-ethyl adjacent to an activating group) is 1. The van der Waals surface area contributed by atoms with E-state index >= 15 is 0 Å². The fourth-order valence-corrected chi connectivity index (χ4v) is 2.62. The van der Waals surface area contributed by atoms with Crippen molar-refractivity contribution in [2.75, 3.05) is 14.2 Å². The molecule has 0 saturated carbocycles. The molecule has 0 bridgehead atoms. The number of hydroxylamine groups is 2. The number of amides is 2. The summed E-state index contributed by atoms with van der Waals surface area (Å²) in [5, 5.41) is 5.73. The first-order chi connectivity index (χ1) is 10.6. The van der Waals surface area contributed by atoms with Gasteiger partial charge in [0.25, 0.3) is 11.8 Å². The van der Waals surface area contributed by atoms with Crippen LogP contribution < -0.4 is 5.32 Å². The number of carbonyl (C=O) groups is 2. The molecule has 2 aromatic rings. The minimum Gasteiger partial charge on any atom is -0.339 e. The van der Waals surface area contributed by atoms with E-state index in [2.05, 4.69) is 5.32 Å². The summed E-state index contributed by atoms with van der Waals surface area (Å²) in [5.74, 6) is -0.551. The molecule has 1 N–H and O–H groups in total. The van der Waals surface area contributed by atoms with E-state index in [9.17, 15) is 9.59 Å². The topological polar surface area (TPSA) is 58.6 Å². The molecule has 0 aliphatic heterocycles. The van der Waals surface area contributed by atoms with Gasteiger partial charge in [-0.1, -0.05) is 36.4 Å². The lowest BCUT2D eigenvalue weighted by atomic mass is 10.1. The second-order valence-electron chi connectivity index (χ2n) is 4.71. The highest BCUT2D eigenvalue weighted by molar-refractivity contribution is 7.12. The third-order valence-corrected chi connectivity index (χ3v) is 4.08. The number of thiophene rings is 1. The van der Waals surface area contributed by atoms with Gasteiger partial charge < -0.3 is 5.32 Å². The van der Waals surface area contributed by atoms with Gasteiger partial charge in [0.1, 0.15) is 6.04 Å². The molecule has 1 unspecified atom stereocenters. The molecule has 1 aromatic heterocycles. The van der Waals surface area contributed by atoms with Gasteiger partial charge in [0.2, 0.25) is 0 Å². The van der Waals surface area contributed by atoms with E-state index in [-0.39, 0.29) is 11.8 Å². The molecule has 6 heteroatoms. The number of hydrogen-bond donors (Lipinski definition) is 1. The highest BCUT2D eigenvalue weighted by Gasteiger charge is 2.25. The van der Waals surface area contributed by atoms with Crippen molar-refractivity contribution >= 4 is 23.2 Å². The largest absolute Gasteiger partial charge is 0.339 e. The highest BCUT2D eigenvalue weighted by atomic mass is 32.1. The van der Waals surface area contributed by atoms with Gasteiger partial charge >= 0.3 is 0 Å². The predicted octanol–water partition coefficient (Wildman–Crippen LogP) is 2.11. The van der Waals surface area contributed by atoms with E-state index in [4.69, 9.17) is 4.84 Å². The van der Waals surface area contributed by atoms with E-state index in [1.54, 1.807) is 12.1 Å². The first-order valence-electron chi connectivity index (χ1n) is 6.81. The van der Waals surface area contributed by atoms with Gasteiger partial charge in [0, 0.05) is 13.5 Å². The fraction of sp³-hybridized carbons (Fsp3) is 0.250. The van der Waals surface area contributed by atoms with Crippen molar-refractivity contribution in [1.82, 2.24) is 10.4 Å². The molecule has 1 aromatic carbocycles. The normalized spacial score (nSPS) is 11.7. The summed E-state index contributed by atoms with van der Waals surface area (Å²) >= 11 is 1.34. The molecule has 2 rings (SSSR count). The maximum absolute atomic E-state index is 12.4. The first kappa shape index (κ1) is 16.2. The lowest BCUT2D eigenvalue weighted by Gasteiger charge is -2.22. The number of rotatable bonds is 6. The van der Waals surface area contributed by atoms with Crippen LogP contribution in [0.3, 0.4) is 0 Å². The van der Waals surface area contributed by atoms with Crippen molar-refractivity contribution in [2.45, 2.75) is 12.5 Å². The number of benzene rings is 1. The summed E-state index contributed by atoms with van der Waals surface area (Å²) in [6, 6.07) is 12.4. The molecule has 5 nitrogen and oxygen atoms in total. The zero-order valence-electron chi connectivity index (χ0n) is 12.5. The average molecular weight is 318 g/mol. The Bertz CT molecular complexity index is 614. The smallest absolute Gasteiger partial charge is 0.268 e. The van der Waals surface area contributed by atoms with Crippen LogP contribution in [0.25, 0.3) is 0 Å². The Morgan fingerprint density at radius 2 is 1.95 bits per heavy atom. The monoisotopic (exact) mass is 318 g/mol. The van der Waals surface area contributed by atoms with Crippen molar-refractivity contribution in [1.29, 1.82) is 0 Å². The quantitative estimate of drug-likeness (QED) is 0.830. The van der Waals surface area contributed by atoms with Crippen molar-refractivity contribution in [3.05, 3.63) is 58.3 Å². The van der Waals surface area contributed by atoms with E-state index < -0.39 is 6.04 Å². The molecule has 2 amide bonds. The van der Waals surface area contributed by atoms with Crippen LogP contribution in [-0.2, 0) is 16.1 Å². The summed E-state index contributed by atoms with van der Waals surface area (Å²) < 4.78 is 0. The summed E-state index contributed by atoms with van der Waals surface area (Å²) in [5.41, 5.74) is 0.969. The first-order valence-corrected chi connectivity index (χ1v) is 7.69. The third-order valence-electron chi connectivity index (χ3n) is 3.22. The van der Waals surface area contributed by atoms with Crippen LogP contribution in [0.2, 0.25) is 0 Å². The van der Waals surface area contributed by atoms with Gasteiger partial charge in [-0.2, -0.15) is 0 Å². The van der Waals surface area contributed by atoms with Crippen LogP contribution in [0, 0.1) is 0 Å². The summed E-state index contributed by atoms with van der Waals surface area (Å²) in [7, 11) is 2.94. The van der Waals surface area contributed by atoms with Crippen LogP contribution >= 0.6 is 11.3 Å². The van der Waals surface area contributed by atoms with Gasteiger partial charge in [-0.25, -0.2) is 5.06 Å². The number of hydrogen-bond acceptors (Lipinski definition) is 4. The maximum atomic E-state index is 12.4. The van der Waals surface area contributed by atoms with Crippen LogP contribution in [0.4, 0.5) is 0 Å². The summed E-state index contributed by atoms with van der Waals surface area (Å²) in [6.07, 6.45) is 0.407. The van der Waals surface area contributed by atoms with Gasteiger partial charge in [-0.3, -0.25) is 14.4 Å². The van der Waals surface area contributed by atoms with E-state index in [0.29, 0.717) is 11.3 Å². The fourth-order valence-electron chi connectivity index (χ4n) is 2.00. The van der Waals surface area contributed by atoms with Crippen molar-refractivity contribution in [3.63, 3.8) is 0 Å². The van der Waals surface area contributed by atoms with Crippen molar-refractivity contribution in [2.24, 2.45) is 0 Å². The molecule has 1 heterocycles. The molecular formula is C16H18N2O3S. The zero-order chi connectivity index (χ0) is 15.9. The molecule has 116 valence electrons. The van der Waals surface area contributed by atoms with E-state index in [0.717, 1.165) is 10.6 Å². The van der Waals surface area contributed by atoms with Crippen LogP contribution in [0.15, 0.2) is 47.8 Å². The molecule has 0 aliphatic rings. The Morgan fingerprint density at radius 1 is 1.23 bits per heavy atom. The SMILES string of the molecule is CON(C)C(=O)C(Cc1ccccc1)NC(=O)c1cccs1. The van der Waals surface area contributed by atoms with Crippen LogP contribution in [-0.4, -0.2) is 37.1 Å².